The molecule has 0 aliphatic heterocycles. The van der Waals surface area contributed by atoms with Gasteiger partial charge in [-0.05, 0) is 45.3 Å². The van der Waals surface area contributed by atoms with Crippen LogP contribution in [0.3, 0.4) is 0 Å². The van der Waals surface area contributed by atoms with E-state index in [0.29, 0.717) is 12.2 Å². The zero-order valence-corrected chi connectivity index (χ0v) is 14.5. The minimum Gasteiger partial charge on any atom is -0.372 e. The zero-order valence-electron chi connectivity index (χ0n) is 13.5. The molecule has 4 heteroatoms. The summed E-state index contributed by atoms with van der Waals surface area (Å²) in [5.74, 6) is 0. The van der Waals surface area contributed by atoms with Crippen LogP contribution in [0.25, 0.3) is 0 Å². The molecule has 118 valence electrons. The van der Waals surface area contributed by atoms with Crippen molar-refractivity contribution in [2.45, 2.75) is 103 Å². The first-order valence-corrected chi connectivity index (χ1v) is 11.9. The van der Waals surface area contributed by atoms with E-state index in [1.165, 1.54) is 64.2 Å². The van der Waals surface area contributed by atoms with E-state index in [0.717, 1.165) is 0 Å². The summed E-state index contributed by atoms with van der Waals surface area (Å²) in [6, 6.07) is 0. The third-order valence-corrected chi connectivity index (χ3v) is 5.06. The Morgan fingerprint density at radius 1 is 0.700 bits per heavy atom. The number of hydrogen-bond donors (Lipinski definition) is 0. The van der Waals surface area contributed by atoms with Crippen LogP contribution in [0.4, 0.5) is 0 Å². The normalized spacial score (nSPS) is 23.4. The second-order valence-electron chi connectivity index (χ2n) is 7.31. The molecule has 0 atom stereocenters. The summed E-state index contributed by atoms with van der Waals surface area (Å²) in [6.07, 6.45) is 13.2. The molecule has 0 saturated heterocycles. The van der Waals surface area contributed by atoms with E-state index in [4.69, 9.17) is 13.9 Å². The molecule has 3 nitrogen and oxygen atoms in total. The molecule has 0 spiro atoms. The summed E-state index contributed by atoms with van der Waals surface area (Å²) in [4.78, 5) is 0. The van der Waals surface area contributed by atoms with Crippen molar-refractivity contribution in [3.63, 3.8) is 0 Å². The Kier molecular flexibility index (Phi) is 6.52. The molecule has 2 aliphatic rings. The monoisotopic (exact) mass is 300 g/mol. The standard InChI is InChI=1S/C16H32O3Si/c1-20(2,3)19-16(17-14-10-6-4-7-11-14)18-15-12-8-5-9-13-15/h14-16H,4-13H2,1-3H3. The molecule has 2 saturated carbocycles. The van der Waals surface area contributed by atoms with Gasteiger partial charge in [-0.2, -0.15) is 0 Å². The van der Waals surface area contributed by atoms with Gasteiger partial charge in [0.05, 0.1) is 12.2 Å². The van der Waals surface area contributed by atoms with E-state index in [9.17, 15) is 0 Å². The van der Waals surface area contributed by atoms with Crippen molar-refractivity contribution in [2.75, 3.05) is 0 Å². The van der Waals surface area contributed by atoms with Gasteiger partial charge in [-0.1, -0.05) is 38.5 Å². The first-order valence-electron chi connectivity index (χ1n) is 8.52. The molecule has 2 rings (SSSR count). The fourth-order valence-corrected chi connectivity index (χ4v) is 3.78. The molecule has 20 heavy (non-hydrogen) atoms. The molecule has 0 aromatic heterocycles. The van der Waals surface area contributed by atoms with Crippen molar-refractivity contribution in [3.8, 4) is 0 Å². The highest BCUT2D eigenvalue weighted by molar-refractivity contribution is 6.69. The largest absolute Gasteiger partial charge is 0.372 e. The van der Waals surface area contributed by atoms with Crippen LogP contribution in [-0.2, 0) is 13.9 Å². The van der Waals surface area contributed by atoms with E-state index in [1.54, 1.807) is 0 Å². The smallest absolute Gasteiger partial charge is 0.262 e. The van der Waals surface area contributed by atoms with Gasteiger partial charge in [0.1, 0.15) is 0 Å². The highest BCUT2D eigenvalue weighted by Crippen LogP contribution is 2.27. The van der Waals surface area contributed by atoms with Gasteiger partial charge in [-0.25, -0.2) is 0 Å². The van der Waals surface area contributed by atoms with Gasteiger partial charge >= 0.3 is 0 Å². The van der Waals surface area contributed by atoms with Crippen molar-refractivity contribution < 1.29 is 13.9 Å². The van der Waals surface area contributed by atoms with Gasteiger partial charge in [0.15, 0.2) is 8.32 Å². The fraction of sp³-hybridized carbons (Fsp3) is 1.00. The first-order chi connectivity index (χ1) is 9.53. The van der Waals surface area contributed by atoms with E-state index >= 15 is 0 Å². The van der Waals surface area contributed by atoms with Gasteiger partial charge in [0, 0.05) is 0 Å². The molecular formula is C16H32O3Si. The SMILES string of the molecule is C[Si](C)(C)OC(OC1CCCCC1)OC1CCCCC1. The Bertz CT molecular complexity index is 245. The molecule has 0 bridgehead atoms. The second-order valence-corrected chi connectivity index (χ2v) is 11.8. The quantitative estimate of drug-likeness (QED) is 0.520. The van der Waals surface area contributed by atoms with Crippen LogP contribution < -0.4 is 0 Å². The lowest BCUT2D eigenvalue weighted by molar-refractivity contribution is -0.293. The molecular weight excluding hydrogens is 268 g/mol. The minimum absolute atomic E-state index is 0.341. The summed E-state index contributed by atoms with van der Waals surface area (Å²) < 4.78 is 18.5. The lowest BCUT2D eigenvalue weighted by Gasteiger charge is -2.34. The molecule has 0 unspecified atom stereocenters. The van der Waals surface area contributed by atoms with Crippen LogP contribution in [0.2, 0.25) is 19.6 Å². The second kappa shape index (κ2) is 7.92. The van der Waals surface area contributed by atoms with Crippen molar-refractivity contribution in [1.29, 1.82) is 0 Å². The highest BCUT2D eigenvalue weighted by atomic mass is 28.4. The predicted molar refractivity (Wildman–Crippen MR) is 84.1 cm³/mol. The van der Waals surface area contributed by atoms with E-state index in [2.05, 4.69) is 19.6 Å². The molecule has 0 radical (unpaired) electrons. The molecule has 0 aromatic rings. The Balaban J connectivity index is 1.85. The fourth-order valence-electron chi connectivity index (χ4n) is 3.09. The molecule has 0 aromatic carbocycles. The van der Waals surface area contributed by atoms with Crippen molar-refractivity contribution in [3.05, 3.63) is 0 Å². The minimum atomic E-state index is -1.64. The van der Waals surface area contributed by atoms with Gasteiger partial charge < -0.3 is 13.9 Å². The Morgan fingerprint density at radius 3 is 1.45 bits per heavy atom. The van der Waals surface area contributed by atoms with Crippen LogP contribution in [0.1, 0.15) is 64.2 Å². The number of rotatable bonds is 6. The predicted octanol–water partition coefficient (Wildman–Crippen LogP) is 4.82. The van der Waals surface area contributed by atoms with Gasteiger partial charge in [0.25, 0.3) is 6.48 Å². The van der Waals surface area contributed by atoms with Gasteiger partial charge in [-0.15, -0.1) is 0 Å². The lowest BCUT2D eigenvalue weighted by Crippen LogP contribution is -2.40. The van der Waals surface area contributed by atoms with E-state index < -0.39 is 14.8 Å². The van der Waals surface area contributed by atoms with E-state index in [-0.39, 0.29) is 0 Å². The Hall–Kier alpha value is 0.0969. The number of hydrogen-bond acceptors (Lipinski definition) is 3. The molecule has 2 aliphatic carbocycles. The molecule has 0 amide bonds. The first kappa shape index (κ1) is 16.5. The molecule has 0 heterocycles. The summed E-state index contributed by atoms with van der Waals surface area (Å²) in [5.41, 5.74) is 0. The van der Waals surface area contributed by atoms with Crippen molar-refractivity contribution in [2.24, 2.45) is 0 Å². The maximum Gasteiger partial charge on any atom is 0.262 e. The van der Waals surface area contributed by atoms with Crippen molar-refractivity contribution in [1.82, 2.24) is 0 Å². The van der Waals surface area contributed by atoms with Crippen LogP contribution >= 0.6 is 0 Å². The van der Waals surface area contributed by atoms with Crippen LogP contribution in [0, 0.1) is 0 Å². The topological polar surface area (TPSA) is 27.7 Å². The van der Waals surface area contributed by atoms with E-state index in [1.807, 2.05) is 0 Å². The van der Waals surface area contributed by atoms with Crippen molar-refractivity contribution >= 4 is 8.32 Å². The van der Waals surface area contributed by atoms with Gasteiger partial charge in [0.2, 0.25) is 0 Å². The molecule has 0 N–H and O–H groups in total. The van der Waals surface area contributed by atoms with Crippen LogP contribution in [0.15, 0.2) is 0 Å². The van der Waals surface area contributed by atoms with Crippen LogP contribution in [-0.4, -0.2) is 27.0 Å². The number of ether oxygens (including phenoxy) is 2. The zero-order chi connectivity index (χ0) is 14.4. The lowest BCUT2D eigenvalue weighted by atomic mass is 9.97. The Labute approximate surface area is 125 Å². The summed E-state index contributed by atoms with van der Waals surface area (Å²) in [5, 5.41) is 0. The average Bonchev–Trinajstić information content (AvgIpc) is 2.39. The third-order valence-electron chi connectivity index (χ3n) is 4.16. The maximum atomic E-state index is 6.16. The van der Waals surface area contributed by atoms with Crippen LogP contribution in [0.5, 0.6) is 0 Å². The highest BCUT2D eigenvalue weighted by Gasteiger charge is 2.28. The molecule has 2 fully saturated rings. The van der Waals surface area contributed by atoms with Gasteiger partial charge in [-0.3, -0.25) is 0 Å². The summed E-state index contributed by atoms with van der Waals surface area (Å²) in [6.45, 7) is 6.19. The summed E-state index contributed by atoms with van der Waals surface area (Å²) in [7, 11) is -1.64. The third kappa shape index (κ3) is 6.25. The summed E-state index contributed by atoms with van der Waals surface area (Å²) >= 11 is 0. The maximum absolute atomic E-state index is 6.16. The Morgan fingerprint density at radius 2 is 1.10 bits per heavy atom. The average molecular weight is 301 g/mol.